The third-order valence-electron chi connectivity index (χ3n) is 1.53. The Morgan fingerprint density at radius 2 is 2.07 bits per heavy atom. The zero-order valence-electron chi connectivity index (χ0n) is 6.78. The molecule has 1 rings (SSSR count). The minimum atomic E-state index is -1.76. The van der Waals surface area contributed by atoms with Gasteiger partial charge in [-0.05, 0) is 12.2 Å². The number of primary amides is 1. The number of halogens is 2. The molecule has 5 nitrogen and oxygen atoms in total. The van der Waals surface area contributed by atoms with Crippen molar-refractivity contribution in [2.45, 2.75) is 4.46 Å². The van der Waals surface area contributed by atoms with Crippen molar-refractivity contribution in [3.8, 4) is 0 Å². The highest BCUT2D eigenvalue weighted by Gasteiger charge is 2.39. The molecule has 2 amide bonds. The van der Waals surface area contributed by atoms with Crippen molar-refractivity contribution in [1.82, 2.24) is 4.90 Å². The van der Waals surface area contributed by atoms with Crippen molar-refractivity contribution in [1.29, 1.82) is 0 Å². The summed E-state index contributed by atoms with van der Waals surface area (Å²) in [5.74, 6) is -1.33. The second-order valence-electron chi connectivity index (χ2n) is 2.48. The molecule has 0 unspecified atom stereocenters. The molecule has 0 aromatic heterocycles. The first kappa shape index (κ1) is 10.9. The Bertz CT molecular complexity index is 349. The number of amides is 2. The van der Waals surface area contributed by atoms with E-state index in [-0.39, 0.29) is 5.70 Å². The molecule has 7 heteroatoms. The van der Waals surface area contributed by atoms with E-state index in [0.717, 1.165) is 0 Å². The van der Waals surface area contributed by atoms with Gasteiger partial charge in [0.2, 0.25) is 4.46 Å². The van der Waals surface area contributed by atoms with Gasteiger partial charge in [0.1, 0.15) is 5.70 Å². The van der Waals surface area contributed by atoms with E-state index in [0.29, 0.717) is 4.90 Å². The van der Waals surface area contributed by atoms with Crippen molar-refractivity contribution in [2.24, 2.45) is 5.73 Å². The first-order chi connectivity index (χ1) is 6.36. The Morgan fingerprint density at radius 3 is 2.43 bits per heavy atom. The van der Waals surface area contributed by atoms with Gasteiger partial charge in [-0.1, -0.05) is 29.3 Å². The summed E-state index contributed by atoms with van der Waals surface area (Å²) in [5.41, 5.74) is 4.58. The van der Waals surface area contributed by atoms with E-state index in [1.807, 2.05) is 0 Å². The lowest BCUT2D eigenvalue weighted by Gasteiger charge is -2.32. The molecular weight excluding hydrogens is 231 g/mol. The third kappa shape index (κ3) is 1.83. The highest BCUT2D eigenvalue weighted by atomic mass is 35.5. The first-order valence-corrected chi connectivity index (χ1v) is 4.22. The molecule has 1 heterocycles. The van der Waals surface area contributed by atoms with Gasteiger partial charge >= 0.3 is 12.0 Å². The van der Waals surface area contributed by atoms with Crippen LogP contribution in [0.4, 0.5) is 4.79 Å². The molecule has 1 aliphatic heterocycles. The largest absolute Gasteiger partial charge is 0.477 e. The maximum absolute atomic E-state index is 10.9. The van der Waals surface area contributed by atoms with Gasteiger partial charge in [0.25, 0.3) is 0 Å². The predicted molar refractivity (Wildman–Crippen MR) is 50.7 cm³/mol. The van der Waals surface area contributed by atoms with Gasteiger partial charge in [-0.15, -0.1) is 0 Å². The normalized spacial score (nSPS) is 19.0. The number of carbonyl (C=O) groups is 2. The predicted octanol–water partition coefficient (Wildman–Crippen LogP) is 1.04. The van der Waals surface area contributed by atoms with Crippen LogP contribution in [0.25, 0.3) is 0 Å². The number of allylic oxidation sites excluding steroid dienone is 2. The van der Waals surface area contributed by atoms with Crippen molar-refractivity contribution in [3.05, 3.63) is 23.9 Å². The molecule has 0 atom stereocenters. The molecule has 0 saturated heterocycles. The van der Waals surface area contributed by atoms with Gasteiger partial charge in [0.05, 0.1) is 0 Å². The number of carboxylic acid groups (broad SMARTS) is 1. The average molecular weight is 237 g/mol. The first-order valence-electron chi connectivity index (χ1n) is 3.46. The number of hydrogen-bond acceptors (Lipinski definition) is 2. The van der Waals surface area contributed by atoms with E-state index >= 15 is 0 Å². The Balaban J connectivity index is 3.17. The molecule has 0 aromatic rings. The van der Waals surface area contributed by atoms with E-state index in [4.69, 9.17) is 34.0 Å². The average Bonchev–Trinajstić information content (AvgIpc) is 2.00. The number of nitrogens with zero attached hydrogens (tertiary/aromatic N) is 1. The SMILES string of the molecule is NC(=O)N1C(C(=O)O)=CC=CC1(Cl)Cl. The number of nitrogens with two attached hydrogens (primary N) is 1. The third-order valence-corrected chi connectivity index (χ3v) is 2.12. The summed E-state index contributed by atoms with van der Waals surface area (Å²) < 4.78 is -1.76. The zero-order chi connectivity index (χ0) is 10.9. The molecule has 0 aromatic carbocycles. The number of hydrogen-bond donors (Lipinski definition) is 2. The van der Waals surface area contributed by atoms with Gasteiger partial charge in [-0.2, -0.15) is 0 Å². The summed E-state index contributed by atoms with van der Waals surface area (Å²) in [4.78, 5) is 22.2. The van der Waals surface area contributed by atoms with Crippen LogP contribution < -0.4 is 5.73 Å². The monoisotopic (exact) mass is 236 g/mol. The molecule has 0 bridgehead atoms. The van der Waals surface area contributed by atoms with Crippen LogP contribution in [0.2, 0.25) is 0 Å². The highest BCUT2D eigenvalue weighted by molar-refractivity contribution is 6.50. The van der Waals surface area contributed by atoms with E-state index in [2.05, 4.69) is 0 Å². The van der Waals surface area contributed by atoms with Crippen LogP contribution in [0.5, 0.6) is 0 Å². The Morgan fingerprint density at radius 1 is 1.50 bits per heavy atom. The molecule has 3 N–H and O–H groups in total. The number of urea groups is 1. The highest BCUT2D eigenvalue weighted by Crippen LogP contribution is 2.33. The summed E-state index contributed by atoms with van der Waals surface area (Å²) in [6, 6.07) is -1.03. The fourth-order valence-corrected chi connectivity index (χ4v) is 1.49. The van der Waals surface area contributed by atoms with Crippen LogP contribution in [0.15, 0.2) is 23.9 Å². The summed E-state index contributed by atoms with van der Waals surface area (Å²) in [6.45, 7) is 0. The number of rotatable bonds is 1. The molecule has 0 spiro atoms. The lowest BCUT2D eigenvalue weighted by atomic mass is 10.2. The fraction of sp³-hybridized carbons (Fsp3) is 0.143. The number of carbonyl (C=O) groups excluding carboxylic acids is 1. The molecule has 0 radical (unpaired) electrons. The lowest BCUT2D eigenvalue weighted by molar-refractivity contribution is -0.134. The topological polar surface area (TPSA) is 83.6 Å². The smallest absolute Gasteiger partial charge is 0.352 e. The Hall–Kier alpha value is -1.20. The van der Waals surface area contributed by atoms with Gasteiger partial charge in [0, 0.05) is 0 Å². The van der Waals surface area contributed by atoms with Crippen LogP contribution in [-0.4, -0.2) is 26.5 Å². The maximum Gasteiger partial charge on any atom is 0.352 e. The molecule has 0 aliphatic carbocycles. The molecule has 0 saturated carbocycles. The van der Waals surface area contributed by atoms with Gasteiger partial charge < -0.3 is 10.8 Å². The minimum Gasteiger partial charge on any atom is -0.477 e. The minimum absolute atomic E-state index is 0.370. The van der Waals surface area contributed by atoms with Crippen LogP contribution in [-0.2, 0) is 4.79 Å². The molecule has 0 fully saturated rings. The number of carboxylic acids is 1. The molecule has 1 aliphatic rings. The van der Waals surface area contributed by atoms with Gasteiger partial charge in [0.15, 0.2) is 0 Å². The fourth-order valence-electron chi connectivity index (χ4n) is 0.997. The summed E-state index contributed by atoms with van der Waals surface area (Å²) in [7, 11) is 0. The standard InChI is InChI=1S/C7H6Cl2N2O3/c8-7(9)3-1-2-4(5(12)13)11(7)6(10)14/h1-3H,(H2,10,14)(H,12,13). The van der Waals surface area contributed by atoms with Crippen molar-refractivity contribution >= 4 is 35.2 Å². The van der Waals surface area contributed by atoms with E-state index < -0.39 is 16.5 Å². The summed E-state index contributed by atoms with van der Waals surface area (Å²) >= 11 is 11.3. The molecule has 14 heavy (non-hydrogen) atoms. The van der Waals surface area contributed by atoms with Crippen molar-refractivity contribution in [3.63, 3.8) is 0 Å². The molecular formula is C7H6Cl2N2O3. The Labute approximate surface area is 89.4 Å². The summed E-state index contributed by atoms with van der Waals surface area (Å²) in [5, 5.41) is 8.72. The van der Waals surface area contributed by atoms with Crippen LogP contribution >= 0.6 is 23.2 Å². The van der Waals surface area contributed by atoms with Crippen molar-refractivity contribution in [2.75, 3.05) is 0 Å². The van der Waals surface area contributed by atoms with Gasteiger partial charge in [-0.25, -0.2) is 9.59 Å². The summed E-state index contributed by atoms with van der Waals surface area (Å²) in [6.07, 6.45) is 3.76. The second-order valence-corrected chi connectivity index (χ2v) is 3.82. The molecule has 76 valence electrons. The number of aliphatic carboxylic acids is 1. The quantitative estimate of drug-likeness (QED) is 0.527. The van der Waals surface area contributed by atoms with Crippen LogP contribution in [0.1, 0.15) is 0 Å². The lowest BCUT2D eigenvalue weighted by Crippen LogP contribution is -2.48. The second kappa shape index (κ2) is 3.51. The van der Waals surface area contributed by atoms with E-state index in [1.165, 1.54) is 18.2 Å². The van der Waals surface area contributed by atoms with Crippen LogP contribution in [0.3, 0.4) is 0 Å². The van der Waals surface area contributed by atoms with E-state index in [1.54, 1.807) is 0 Å². The zero-order valence-corrected chi connectivity index (χ0v) is 8.29. The van der Waals surface area contributed by atoms with Crippen molar-refractivity contribution < 1.29 is 14.7 Å². The maximum atomic E-state index is 10.9. The van der Waals surface area contributed by atoms with Crippen LogP contribution in [0, 0.1) is 0 Å². The van der Waals surface area contributed by atoms with Gasteiger partial charge in [-0.3, -0.25) is 4.90 Å². The Kier molecular flexibility index (Phi) is 2.73. The van der Waals surface area contributed by atoms with E-state index in [9.17, 15) is 9.59 Å². The number of alkyl halides is 2.